The van der Waals surface area contributed by atoms with Crippen molar-refractivity contribution in [3.8, 4) is 40.1 Å². The summed E-state index contributed by atoms with van der Waals surface area (Å²) in [5.74, 6) is -0.529. The lowest BCUT2D eigenvalue weighted by Crippen LogP contribution is -2.62. The maximum atomic E-state index is 13.8. The van der Waals surface area contributed by atoms with E-state index in [1.165, 1.54) is 51.7 Å². The highest BCUT2D eigenvalue weighted by Crippen LogP contribution is 2.43. The molecule has 3 aromatic rings. The van der Waals surface area contributed by atoms with E-state index in [0.29, 0.717) is 5.75 Å². The van der Waals surface area contributed by atoms with Crippen LogP contribution >= 0.6 is 0 Å². The number of phenols is 1. The molecule has 0 aliphatic carbocycles. The van der Waals surface area contributed by atoms with Crippen molar-refractivity contribution in [2.75, 3.05) is 34.5 Å². The number of methoxy groups -OCH3 is 3. The Morgan fingerprint density at radius 1 is 0.844 bits per heavy atom. The Bertz CT molecular complexity index is 1530. The Balaban J connectivity index is 1.47. The molecule has 0 amide bonds. The fourth-order valence-corrected chi connectivity index (χ4v) is 5.06. The predicted octanol–water partition coefficient (Wildman–Crippen LogP) is -1.17. The van der Waals surface area contributed by atoms with Crippen LogP contribution in [0.15, 0.2) is 39.5 Å². The van der Waals surface area contributed by atoms with Crippen LogP contribution in [0.4, 0.5) is 0 Å². The average Bonchev–Trinajstić information content (AvgIpc) is 3.05. The first-order valence-electron chi connectivity index (χ1n) is 13.7. The summed E-state index contributed by atoms with van der Waals surface area (Å²) >= 11 is 0. The number of aliphatic hydroxyl groups excluding tert-OH is 6. The predicted molar refractivity (Wildman–Crippen MR) is 150 cm³/mol. The summed E-state index contributed by atoms with van der Waals surface area (Å²) in [6, 6.07) is 7.20. The number of aromatic hydroxyl groups is 1. The molecule has 3 unspecified atom stereocenters. The molecule has 0 bridgehead atoms. The molecule has 16 nitrogen and oxygen atoms in total. The second kappa shape index (κ2) is 13.3. The number of hydrogen-bond donors (Lipinski definition) is 7. The van der Waals surface area contributed by atoms with Gasteiger partial charge in [-0.2, -0.15) is 0 Å². The highest BCUT2D eigenvalue weighted by atomic mass is 16.7. The summed E-state index contributed by atoms with van der Waals surface area (Å²) in [4.78, 5) is 13.8. The molecule has 45 heavy (non-hydrogen) atoms. The molecule has 2 saturated heterocycles. The van der Waals surface area contributed by atoms with Crippen molar-refractivity contribution in [2.24, 2.45) is 0 Å². The van der Waals surface area contributed by atoms with Crippen molar-refractivity contribution in [1.82, 2.24) is 0 Å². The topological polar surface area (TPSA) is 236 Å². The molecule has 2 fully saturated rings. The third kappa shape index (κ3) is 6.11. The maximum Gasteiger partial charge on any atom is 0.235 e. The van der Waals surface area contributed by atoms with E-state index >= 15 is 0 Å². The van der Waals surface area contributed by atoms with Crippen LogP contribution in [0.2, 0.25) is 0 Å². The van der Waals surface area contributed by atoms with Crippen LogP contribution in [0.3, 0.4) is 0 Å². The Morgan fingerprint density at radius 3 is 2.13 bits per heavy atom. The van der Waals surface area contributed by atoms with E-state index in [9.17, 15) is 40.5 Å². The van der Waals surface area contributed by atoms with Gasteiger partial charge in [0.2, 0.25) is 23.2 Å². The molecule has 5 rings (SSSR count). The van der Waals surface area contributed by atoms with Gasteiger partial charge < -0.3 is 73.3 Å². The molecule has 3 heterocycles. The van der Waals surface area contributed by atoms with Crippen LogP contribution in [0.25, 0.3) is 22.3 Å². The minimum absolute atomic E-state index is 0.0127. The van der Waals surface area contributed by atoms with Crippen LogP contribution in [-0.2, 0) is 14.2 Å². The van der Waals surface area contributed by atoms with Crippen LogP contribution in [-0.4, -0.2) is 126 Å². The summed E-state index contributed by atoms with van der Waals surface area (Å²) in [5.41, 5.74) is -0.385. The standard InChI is InChI=1S/C29H34O16/c1-38-12-4-5-13-14(8-12)42-26(11-6-15(39-2)20(32)16(7-11)40-3)27(19(13)31)45-28-24(36)22(34)18(10-41-28)44-29-25(37)23(35)21(33)17(9-30)43-29/h4-8,17-18,21-25,28-30,32-37H,9-10H2,1-3H3/t17?,18-,21+,22+,23+,24?,25?,28+,29+/m1/s1. The first kappa shape index (κ1) is 32.7. The van der Waals surface area contributed by atoms with Crippen molar-refractivity contribution in [3.63, 3.8) is 0 Å². The molecule has 246 valence electrons. The number of phenolic OH excluding ortho intramolecular Hbond substituents is 1. The third-order valence-electron chi connectivity index (χ3n) is 7.63. The molecule has 2 aliphatic heterocycles. The van der Waals surface area contributed by atoms with Crippen molar-refractivity contribution in [1.29, 1.82) is 0 Å². The van der Waals surface area contributed by atoms with Crippen LogP contribution in [0.1, 0.15) is 0 Å². The average molecular weight is 639 g/mol. The number of benzene rings is 2. The molecule has 16 heteroatoms. The van der Waals surface area contributed by atoms with Crippen LogP contribution in [0.5, 0.6) is 28.7 Å². The Morgan fingerprint density at radius 2 is 1.51 bits per heavy atom. The second-order valence-corrected chi connectivity index (χ2v) is 10.4. The number of rotatable bonds is 9. The molecule has 1 aromatic heterocycles. The monoisotopic (exact) mass is 638 g/mol. The first-order chi connectivity index (χ1) is 21.5. The molecule has 9 atom stereocenters. The van der Waals surface area contributed by atoms with E-state index < -0.39 is 79.7 Å². The largest absolute Gasteiger partial charge is 0.502 e. The van der Waals surface area contributed by atoms with Crippen molar-refractivity contribution >= 4 is 11.0 Å². The van der Waals surface area contributed by atoms with Gasteiger partial charge in [0.15, 0.2) is 23.5 Å². The SMILES string of the molecule is COc1ccc2c(=O)c(O[C@@H]3OC[C@@H](O[C@@H]4OC(CO)[C@H](O)[C@H](O)C4O)[C@H](O)C3O)c(-c3cc(OC)c(O)c(OC)c3)oc2c1. The van der Waals surface area contributed by atoms with E-state index in [4.69, 9.17) is 37.6 Å². The lowest BCUT2D eigenvalue weighted by molar-refractivity contribution is -0.338. The van der Waals surface area contributed by atoms with Gasteiger partial charge in [-0.25, -0.2) is 0 Å². The zero-order valence-corrected chi connectivity index (χ0v) is 24.3. The second-order valence-electron chi connectivity index (χ2n) is 10.4. The molecular weight excluding hydrogens is 604 g/mol. The number of hydrogen-bond acceptors (Lipinski definition) is 16. The van der Waals surface area contributed by atoms with E-state index in [-0.39, 0.29) is 39.5 Å². The van der Waals surface area contributed by atoms with Crippen molar-refractivity contribution < 1.29 is 73.3 Å². The quantitative estimate of drug-likeness (QED) is 0.146. The summed E-state index contributed by atoms with van der Waals surface area (Å²) < 4.78 is 44.1. The van der Waals surface area contributed by atoms with E-state index in [0.717, 1.165) is 0 Å². The molecule has 2 aliphatic rings. The molecular formula is C29H34O16. The smallest absolute Gasteiger partial charge is 0.235 e. The molecule has 7 N–H and O–H groups in total. The first-order valence-corrected chi connectivity index (χ1v) is 13.7. The third-order valence-corrected chi connectivity index (χ3v) is 7.63. The molecule has 0 spiro atoms. The lowest BCUT2D eigenvalue weighted by atomic mass is 9.99. The molecule has 0 saturated carbocycles. The van der Waals surface area contributed by atoms with Gasteiger partial charge in [0.1, 0.15) is 54.1 Å². The zero-order valence-electron chi connectivity index (χ0n) is 24.3. The minimum Gasteiger partial charge on any atom is -0.502 e. The van der Waals surface area contributed by atoms with Gasteiger partial charge >= 0.3 is 0 Å². The van der Waals surface area contributed by atoms with Gasteiger partial charge in [0.05, 0.1) is 39.9 Å². The van der Waals surface area contributed by atoms with Gasteiger partial charge in [-0.1, -0.05) is 0 Å². The number of ether oxygens (including phenoxy) is 7. The van der Waals surface area contributed by atoms with E-state index in [2.05, 4.69) is 0 Å². The Hall–Kier alpha value is -3.71. The Labute approximate surface area is 255 Å². The number of aliphatic hydroxyl groups is 6. The Kier molecular flexibility index (Phi) is 9.68. The summed E-state index contributed by atoms with van der Waals surface area (Å²) in [6.07, 6.45) is -14.5. The van der Waals surface area contributed by atoms with E-state index in [1.807, 2.05) is 0 Å². The minimum atomic E-state index is -1.84. The molecule has 0 radical (unpaired) electrons. The van der Waals surface area contributed by atoms with Crippen molar-refractivity contribution in [2.45, 2.75) is 55.3 Å². The molecule has 2 aromatic carbocycles. The van der Waals surface area contributed by atoms with Gasteiger partial charge in [-0.05, 0) is 24.3 Å². The normalized spacial score (nSPS) is 30.2. The van der Waals surface area contributed by atoms with Crippen molar-refractivity contribution in [3.05, 3.63) is 40.6 Å². The van der Waals surface area contributed by atoms with Gasteiger partial charge in [-0.15, -0.1) is 0 Å². The highest BCUT2D eigenvalue weighted by molar-refractivity contribution is 5.84. The summed E-state index contributed by atoms with van der Waals surface area (Å²) in [6.45, 7) is -1.15. The maximum absolute atomic E-state index is 13.8. The van der Waals surface area contributed by atoms with Crippen LogP contribution < -0.4 is 24.4 Å². The van der Waals surface area contributed by atoms with Gasteiger partial charge in [0, 0.05) is 11.6 Å². The fraction of sp³-hybridized carbons (Fsp3) is 0.483. The summed E-state index contributed by atoms with van der Waals surface area (Å²) in [7, 11) is 4.07. The lowest BCUT2D eigenvalue weighted by Gasteiger charge is -2.43. The van der Waals surface area contributed by atoms with Gasteiger partial charge in [0.25, 0.3) is 0 Å². The fourth-order valence-electron chi connectivity index (χ4n) is 5.06. The van der Waals surface area contributed by atoms with Crippen LogP contribution in [0, 0.1) is 0 Å². The summed E-state index contributed by atoms with van der Waals surface area (Å²) in [5, 5.41) is 72.1. The van der Waals surface area contributed by atoms with E-state index in [1.54, 1.807) is 0 Å². The highest BCUT2D eigenvalue weighted by Gasteiger charge is 2.48. The van der Waals surface area contributed by atoms with Gasteiger partial charge in [-0.3, -0.25) is 4.79 Å². The number of fused-ring (bicyclic) bond motifs is 1. The zero-order chi connectivity index (χ0) is 32.6.